The van der Waals surface area contributed by atoms with E-state index in [1.807, 2.05) is 0 Å². The average Bonchev–Trinajstić information content (AvgIpc) is 2.57. The molecular weight excluding hydrogens is 248 g/mol. The normalized spacial score (nSPS) is 25.5. The summed E-state index contributed by atoms with van der Waals surface area (Å²) in [7, 11) is 0. The minimum absolute atomic E-state index is 0.111. The molecule has 2 aliphatic rings. The summed E-state index contributed by atoms with van der Waals surface area (Å²) < 4.78 is 16.5. The molecule has 0 saturated heterocycles. The highest BCUT2D eigenvalue weighted by Gasteiger charge is 2.43. The number of hydrogen-bond donors (Lipinski definition) is 1. The van der Waals surface area contributed by atoms with Gasteiger partial charge in [0.2, 0.25) is 5.60 Å². The maximum absolute atomic E-state index is 11.9. The van der Waals surface area contributed by atoms with Crippen LogP contribution in [0.25, 0.3) is 0 Å². The first kappa shape index (κ1) is 11.8. The third-order valence-corrected chi connectivity index (χ3v) is 3.23. The van der Waals surface area contributed by atoms with Crippen LogP contribution in [0.15, 0.2) is 23.2 Å². The minimum atomic E-state index is -1.19. The van der Waals surface area contributed by atoms with Crippen molar-refractivity contribution in [1.82, 2.24) is 0 Å². The summed E-state index contributed by atoms with van der Waals surface area (Å²) in [5.74, 6) is 0.863. The first-order valence-electron chi connectivity index (χ1n) is 6.07. The van der Waals surface area contributed by atoms with E-state index in [0.29, 0.717) is 30.3 Å². The van der Waals surface area contributed by atoms with Crippen molar-refractivity contribution in [3.8, 4) is 11.5 Å². The van der Waals surface area contributed by atoms with E-state index >= 15 is 0 Å². The minimum Gasteiger partial charge on any atom is -0.490 e. The number of fused-ring (bicyclic) bond motifs is 1. The number of amidine groups is 1. The lowest BCUT2D eigenvalue weighted by Crippen LogP contribution is -2.31. The predicted molar refractivity (Wildman–Crippen MR) is 67.1 cm³/mol. The highest BCUT2D eigenvalue weighted by atomic mass is 16.5. The molecule has 0 aliphatic carbocycles. The van der Waals surface area contributed by atoms with E-state index in [2.05, 4.69) is 4.99 Å². The van der Waals surface area contributed by atoms with Gasteiger partial charge in [-0.2, -0.15) is 4.99 Å². The van der Waals surface area contributed by atoms with Gasteiger partial charge in [0.25, 0.3) is 11.9 Å². The van der Waals surface area contributed by atoms with Crippen LogP contribution in [0.5, 0.6) is 11.5 Å². The van der Waals surface area contributed by atoms with Crippen molar-refractivity contribution in [3.05, 3.63) is 23.8 Å². The number of hydrogen-bond acceptors (Lipinski definition) is 5. The smallest absolute Gasteiger partial charge is 0.298 e. The standard InChI is InChI=1S/C13H14N2O4/c1-13(11(16)15-12(14)19-13)8-3-4-9-10(7-8)18-6-2-5-17-9/h3-4,7H,2,5-6H2,1H3,(H2,14,15,16). The van der Waals surface area contributed by atoms with Gasteiger partial charge >= 0.3 is 0 Å². The zero-order valence-electron chi connectivity index (χ0n) is 10.5. The van der Waals surface area contributed by atoms with Gasteiger partial charge in [-0.3, -0.25) is 4.79 Å². The molecule has 0 saturated carbocycles. The Hall–Kier alpha value is -2.24. The van der Waals surface area contributed by atoms with Crippen LogP contribution in [0.2, 0.25) is 0 Å². The first-order chi connectivity index (χ1) is 9.09. The zero-order chi connectivity index (χ0) is 13.5. The molecule has 1 aromatic carbocycles. The molecule has 1 atom stereocenters. The molecule has 6 heteroatoms. The van der Waals surface area contributed by atoms with Crippen molar-refractivity contribution in [2.24, 2.45) is 10.7 Å². The summed E-state index contributed by atoms with van der Waals surface area (Å²) in [5, 5.41) is 0. The van der Waals surface area contributed by atoms with Crippen molar-refractivity contribution in [2.75, 3.05) is 13.2 Å². The Labute approximate surface area is 110 Å². The fourth-order valence-corrected chi connectivity index (χ4v) is 2.12. The number of rotatable bonds is 1. The van der Waals surface area contributed by atoms with Crippen LogP contribution >= 0.6 is 0 Å². The van der Waals surface area contributed by atoms with E-state index in [4.69, 9.17) is 19.9 Å². The molecule has 2 aliphatic heterocycles. The summed E-state index contributed by atoms with van der Waals surface area (Å²) >= 11 is 0. The molecule has 19 heavy (non-hydrogen) atoms. The van der Waals surface area contributed by atoms with Crippen molar-refractivity contribution in [3.63, 3.8) is 0 Å². The third kappa shape index (κ3) is 1.89. The highest BCUT2D eigenvalue weighted by molar-refractivity contribution is 6.01. The Morgan fingerprint density at radius 3 is 2.68 bits per heavy atom. The highest BCUT2D eigenvalue weighted by Crippen LogP contribution is 2.37. The van der Waals surface area contributed by atoms with Crippen LogP contribution in [-0.4, -0.2) is 25.1 Å². The lowest BCUT2D eigenvalue weighted by atomic mass is 9.95. The van der Waals surface area contributed by atoms with E-state index in [9.17, 15) is 4.79 Å². The van der Waals surface area contributed by atoms with E-state index in [1.165, 1.54) is 0 Å². The average molecular weight is 262 g/mol. The molecule has 0 fully saturated rings. The molecule has 0 spiro atoms. The van der Waals surface area contributed by atoms with Crippen LogP contribution in [0.1, 0.15) is 18.9 Å². The molecule has 1 aromatic rings. The molecule has 2 N–H and O–H groups in total. The number of aliphatic imine (C=N–C) groups is 1. The van der Waals surface area contributed by atoms with Gasteiger partial charge in [-0.15, -0.1) is 0 Å². The van der Waals surface area contributed by atoms with Gasteiger partial charge in [-0.1, -0.05) is 6.07 Å². The van der Waals surface area contributed by atoms with Crippen LogP contribution in [0.3, 0.4) is 0 Å². The Balaban J connectivity index is 1.99. The number of carbonyl (C=O) groups is 1. The lowest BCUT2D eigenvalue weighted by Gasteiger charge is -2.22. The maximum Gasteiger partial charge on any atom is 0.298 e. The van der Waals surface area contributed by atoms with Crippen molar-refractivity contribution < 1.29 is 19.0 Å². The van der Waals surface area contributed by atoms with Crippen molar-refractivity contribution in [1.29, 1.82) is 0 Å². The van der Waals surface area contributed by atoms with Crippen LogP contribution in [-0.2, 0) is 15.1 Å². The van der Waals surface area contributed by atoms with Gasteiger partial charge in [0.1, 0.15) is 0 Å². The summed E-state index contributed by atoms with van der Waals surface area (Å²) in [6, 6.07) is 5.16. The van der Waals surface area contributed by atoms with E-state index in [0.717, 1.165) is 6.42 Å². The number of amides is 1. The second-order valence-corrected chi connectivity index (χ2v) is 4.60. The molecule has 0 bridgehead atoms. The number of nitrogens with two attached hydrogens (primary N) is 1. The molecule has 1 unspecified atom stereocenters. The molecular formula is C13H14N2O4. The van der Waals surface area contributed by atoms with Gasteiger partial charge in [-0.25, -0.2) is 0 Å². The van der Waals surface area contributed by atoms with Crippen LogP contribution in [0, 0.1) is 0 Å². The second-order valence-electron chi connectivity index (χ2n) is 4.60. The van der Waals surface area contributed by atoms with Gasteiger partial charge in [0.15, 0.2) is 11.5 Å². The Kier molecular flexibility index (Phi) is 2.58. The quantitative estimate of drug-likeness (QED) is 0.814. The molecule has 100 valence electrons. The fourth-order valence-electron chi connectivity index (χ4n) is 2.12. The largest absolute Gasteiger partial charge is 0.490 e. The third-order valence-electron chi connectivity index (χ3n) is 3.23. The Morgan fingerprint density at radius 1 is 1.26 bits per heavy atom. The molecule has 6 nitrogen and oxygen atoms in total. The van der Waals surface area contributed by atoms with Crippen molar-refractivity contribution in [2.45, 2.75) is 18.9 Å². The maximum atomic E-state index is 11.9. The van der Waals surface area contributed by atoms with Gasteiger partial charge < -0.3 is 19.9 Å². The number of carbonyl (C=O) groups excluding carboxylic acids is 1. The molecule has 2 heterocycles. The van der Waals surface area contributed by atoms with E-state index < -0.39 is 11.5 Å². The zero-order valence-corrected chi connectivity index (χ0v) is 10.5. The Bertz CT molecular complexity index is 570. The Morgan fingerprint density at radius 2 is 2.00 bits per heavy atom. The fraction of sp³-hybridized carbons (Fsp3) is 0.385. The summed E-state index contributed by atoms with van der Waals surface area (Å²) in [4.78, 5) is 15.5. The summed E-state index contributed by atoms with van der Waals surface area (Å²) in [6.07, 6.45) is 0.826. The van der Waals surface area contributed by atoms with Gasteiger partial charge in [0, 0.05) is 12.0 Å². The van der Waals surface area contributed by atoms with Gasteiger partial charge in [-0.05, 0) is 19.1 Å². The van der Waals surface area contributed by atoms with E-state index in [1.54, 1.807) is 25.1 Å². The lowest BCUT2D eigenvalue weighted by molar-refractivity contribution is -0.130. The summed E-state index contributed by atoms with van der Waals surface area (Å²) in [6.45, 7) is 2.84. The molecule has 0 radical (unpaired) electrons. The summed E-state index contributed by atoms with van der Waals surface area (Å²) in [5.41, 5.74) is 4.91. The van der Waals surface area contributed by atoms with Crippen LogP contribution < -0.4 is 15.2 Å². The number of nitrogens with zero attached hydrogens (tertiary/aromatic N) is 1. The molecule has 0 aromatic heterocycles. The topological polar surface area (TPSA) is 83.1 Å². The second kappa shape index (κ2) is 4.15. The molecule has 1 amide bonds. The molecule has 3 rings (SSSR count). The van der Waals surface area contributed by atoms with Crippen LogP contribution in [0.4, 0.5) is 0 Å². The van der Waals surface area contributed by atoms with Crippen molar-refractivity contribution >= 4 is 11.9 Å². The number of benzene rings is 1. The SMILES string of the molecule is CC1(c2ccc3c(c2)OCCCO3)OC(N)=NC1=O. The first-order valence-corrected chi connectivity index (χ1v) is 6.07. The van der Waals surface area contributed by atoms with Gasteiger partial charge in [0.05, 0.1) is 13.2 Å². The predicted octanol–water partition coefficient (Wildman–Crippen LogP) is 0.935. The van der Waals surface area contributed by atoms with E-state index in [-0.39, 0.29) is 6.02 Å². The number of ether oxygens (including phenoxy) is 3. The monoisotopic (exact) mass is 262 g/mol.